The highest BCUT2D eigenvalue weighted by molar-refractivity contribution is 7.89. The van der Waals surface area contributed by atoms with Gasteiger partial charge in [-0.1, -0.05) is 0 Å². The lowest BCUT2D eigenvalue weighted by molar-refractivity contribution is -0.0483. The highest BCUT2D eigenvalue weighted by Crippen LogP contribution is 2.26. The predicted molar refractivity (Wildman–Crippen MR) is 37.3 cm³/mol. The smallest absolute Gasteiger partial charge is 0.372 e. The normalized spacial score (nSPS) is 23.6. The maximum Gasteiger partial charge on any atom is 0.511 e. The first-order chi connectivity index (χ1) is 5.75. The molecule has 1 atom stereocenters. The van der Waals surface area contributed by atoms with Crippen molar-refractivity contribution in [3.63, 3.8) is 0 Å². The number of sulfonamides is 1. The number of nitrogens with zero attached hydrogens (tertiary/aromatic N) is 1. The van der Waals surface area contributed by atoms with E-state index in [-0.39, 0.29) is 17.0 Å². The van der Waals surface area contributed by atoms with E-state index in [9.17, 15) is 21.6 Å². The van der Waals surface area contributed by atoms with Gasteiger partial charge in [-0.3, -0.25) is 0 Å². The van der Waals surface area contributed by atoms with Gasteiger partial charge >= 0.3 is 15.5 Å². The van der Waals surface area contributed by atoms with Crippen molar-refractivity contribution in [2.45, 2.75) is 11.6 Å². The summed E-state index contributed by atoms with van der Waals surface area (Å²) in [5.74, 6) is 0. The first kappa shape index (κ1) is 10.7. The van der Waals surface area contributed by atoms with Crippen LogP contribution in [0.1, 0.15) is 0 Å². The first-order valence-corrected chi connectivity index (χ1v) is 4.83. The molecule has 1 aliphatic heterocycles. The molecule has 13 heavy (non-hydrogen) atoms. The molecule has 0 bridgehead atoms. The average Bonchev–Trinajstić information content (AvgIpc) is 2.68. The zero-order valence-corrected chi connectivity index (χ0v) is 7.52. The third kappa shape index (κ3) is 2.32. The zero-order chi connectivity index (χ0) is 10.3. The van der Waals surface area contributed by atoms with Gasteiger partial charge in [0.25, 0.3) is 0 Å². The minimum atomic E-state index is -5.23. The van der Waals surface area contributed by atoms with Gasteiger partial charge in [0.1, 0.15) is 0 Å². The Morgan fingerprint density at radius 2 is 2.00 bits per heavy atom. The summed E-state index contributed by atoms with van der Waals surface area (Å²) in [7, 11) is -4.30. The van der Waals surface area contributed by atoms with Crippen LogP contribution in [0.2, 0.25) is 0 Å². The van der Waals surface area contributed by atoms with Crippen LogP contribution in [0.25, 0.3) is 0 Å². The van der Waals surface area contributed by atoms with Crippen molar-refractivity contribution in [1.82, 2.24) is 4.31 Å². The summed E-state index contributed by atoms with van der Waals surface area (Å²) < 4.78 is 61.8. The number of likely N-dealkylation sites (N-methyl/N-ethyl adjacent to an activating group) is 1. The zero-order valence-electron chi connectivity index (χ0n) is 6.71. The van der Waals surface area contributed by atoms with Crippen LogP contribution >= 0.6 is 0 Å². The molecule has 1 fully saturated rings. The van der Waals surface area contributed by atoms with E-state index in [0.717, 1.165) is 7.05 Å². The van der Waals surface area contributed by atoms with E-state index in [2.05, 4.69) is 4.74 Å². The van der Waals surface area contributed by atoms with E-state index in [4.69, 9.17) is 0 Å². The summed E-state index contributed by atoms with van der Waals surface area (Å²) in [5.41, 5.74) is -5.23. The van der Waals surface area contributed by atoms with Gasteiger partial charge in [0.05, 0.1) is 12.7 Å². The summed E-state index contributed by atoms with van der Waals surface area (Å²) >= 11 is 0. The second-order valence-electron chi connectivity index (χ2n) is 2.69. The Balaban J connectivity index is 2.67. The van der Waals surface area contributed by atoms with Crippen LogP contribution in [0, 0.1) is 0 Å². The third-order valence-corrected chi connectivity index (χ3v) is 3.12. The minimum absolute atomic E-state index is 0.248. The maximum atomic E-state index is 11.9. The lowest BCUT2D eigenvalue weighted by atomic mass is 10.5. The van der Waals surface area contributed by atoms with E-state index in [0.29, 0.717) is 6.61 Å². The third-order valence-electron chi connectivity index (χ3n) is 1.57. The molecule has 0 aromatic carbocycles. The predicted octanol–water partition coefficient (Wildman–Crippen LogP) is 0.167. The molecule has 0 aliphatic carbocycles. The summed E-state index contributed by atoms with van der Waals surface area (Å²) in [4.78, 5) is 0. The van der Waals surface area contributed by atoms with E-state index in [1.54, 1.807) is 0 Å². The fraction of sp³-hybridized carbons (Fsp3) is 1.00. The van der Waals surface area contributed by atoms with E-state index in [1.165, 1.54) is 0 Å². The van der Waals surface area contributed by atoms with Crippen LogP contribution in [0.3, 0.4) is 0 Å². The lowest BCUT2D eigenvalue weighted by Gasteiger charge is -2.17. The number of halogens is 3. The average molecular weight is 219 g/mol. The molecular weight excluding hydrogens is 211 g/mol. The molecule has 78 valence electrons. The quantitative estimate of drug-likeness (QED) is 0.635. The standard InChI is InChI=1S/C5H8F3NO3S/c1-9(2-4-3-12-4)13(10,11)5(6,7)8/h4H,2-3H2,1H3. The molecule has 1 aliphatic rings. The van der Waals surface area contributed by atoms with Crippen molar-refractivity contribution in [1.29, 1.82) is 0 Å². The summed E-state index contributed by atoms with van der Waals surface area (Å²) in [6.45, 7) is 0.0690. The minimum Gasteiger partial charge on any atom is -0.372 e. The van der Waals surface area contributed by atoms with Gasteiger partial charge in [-0.05, 0) is 0 Å². The van der Waals surface area contributed by atoms with Crippen LogP contribution in [0.15, 0.2) is 0 Å². The molecule has 1 heterocycles. The van der Waals surface area contributed by atoms with E-state index >= 15 is 0 Å². The summed E-state index contributed by atoms with van der Waals surface area (Å²) in [6, 6.07) is 0. The molecule has 1 saturated heterocycles. The highest BCUT2D eigenvalue weighted by Gasteiger charge is 2.49. The molecule has 1 rings (SSSR count). The second kappa shape index (κ2) is 3.10. The topological polar surface area (TPSA) is 49.9 Å². The van der Waals surface area contributed by atoms with Crippen LogP contribution < -0.4 is 0 Å². The number of ether oxygens (including phenoxy) is 1. The molecular formula is C5H8F3NO3S. The van der Waals surface area contributed by atoms with Crippen molar-refractivity contribution >= 4 is 10.0 Å². The van der Waals surface area contributed by atoms with E-state index < -0.39 is 15.5 Å². The van der Waals surface area contributed by atoms with Crippen molar-refractivity contribution in [3.8, 4) is 0 Å². The van der Waals surface area contributed by atoms with E-state index in [1.807, 2.05) is 0 Å². The van der Waals surface area contributed by atoms with Crippen molar-refractivity contribution in [3.05, 3.63) is 0 Å². The number of epoxide rings is 1. The Morgan fingerprint density at radius 1 is 1.54 bits per heavy atom. The van der Waals surface area contributed by atoms with Gasteiger partial charge < -0.3 is 4.74 Å². The van der Waals surface area contributed by atoms with Crippen molar-refractivity contribution in [2.24, 2.45) is 0 Å². The molecule has 0 N–H and O–H groups in total. The molecule has 0 amide bonds. The van der Waals surface area contributed by atoms with Gasteiger partial charge in [-0.15, -0.1) is 0 Å². The first-order valence-electron chi connectivity index (χ1n) is 3.39. The number of rotatable bonds is 3. The Kier molecular flexibility index (Phi) is 2.56. The van der Waals surface area contributed by atoms with Gasteiger partial charge in [-0.2, -0.15) is 17.5 Å². The van der Waals surface area contributed by atoms with Crippen LogP contribution in [0.5, 0.6) is 0 Å². The Labute approximate surface area is 73.3 Å². The van der Waals surface area contributed by atoms with Crippen LogP contribution in [-0.4, -0.2) is 44.5 Å². The van der Waals surface area contributed by atoms with Crippen LogP contribution in [0.4, 0.5) is 13.2 Å². The Bertz CT molecular complexity index is 282. The number of hydrogen-bond donors (Lipinski definition) is 0. The fourth-order valence-electron chi connectivity index (χ4n) is 0.735. The summed E-state index contributed by atoms with van der Waals surface area (Å²) in [6.07, 6.45) is -0.387. The van der Waals surface area contributed by atoms with Gasteiger partial charge in [0.15, 0.2) is 0 Å². The SMILES string of the molecule is CN(CC1CO1)S(=O)(=O)C(F)(F)F. The molecule has 0 aromatic heterocycles. The Morgan fingerprint density at radius 3 is 2.31 bits per heavy atom. The molecule has 0 radical (unpaired) electrons. The fourth-order valence-corrected chi connectivity index (χ4v) is 1.45. The Hall–Kier alpha value is -0.340. The summed E-state index contributed by atoms with van der Waals surface area (Å²) in [5, 5.41) is 0. The lowest BCUT2D eigenvalue weighted by Crippen LogP contribution is -2.39. The highest BCUT2D eigenvalue weighted by atomic mass is 32.2. The second-order valence-corrected chi connectivity index (χ2v) is 4.72. The maximum absolute atomic E-state index is 11.9. The largest absolute Gasteiger partial charge is 0.511 e. The molecule has 4 nitrogen and oxygen atoms in total. The number of hydrogen-bond acceptors (Lipinski definition) is 3. The molecule has 8 heteroatoms. The molecule has 1 unspecified atom stereocenters. The van der Waals surface area contributed by atoms with Gasteiger partial charge in [-0.25, -0.2) is 8.42 Å². The monoisotopic (exact) mass is 219 g/mol. The van der Waals surface area contributed by atoms with Crippen molar-refractivity contribution < 1.29 is 26.3 Å². The molecule has 0 saturated carbocycles. The molecule has 0 spiro atoms. The molecule has 0 aromatic rings. The van der Waals surface area contributed by atoms with Gasteiger partial charge in [0.2, 0.25) is 0 Å². The van der Waals surface area contributed by atoms with Crippen molar-refractivity contribution in [2.75, 3.05) is 20.2 Å². The van der Waals surface area contributed by atoms with Gasteiger partial charge in [0, 0.05) is 13.6 Å². The number of alkyl halides is 3. The van der Waals surface area contributed by atoms with Crippen LogP contribution in [-0.2, 0) is 14.8 Å².